The zero-order chi connectivity index (χ0) is 23.0. The molecule has 1 aliphatic heterocycles. The third kappa shape index (κ3) is 8.12. The quantitative estimate of drug-likeness (QED) is 0.268. The summed E-state index contributed by atoms with van der Waals surface area (Å²) in [5, 5.41) is 10.6. The number of unbranched alkanes of at least 4 members (excludes halogenated alkanes) is 1. The van der Waals surface area contributed by atoms with Crippen LogP contribution < -0.4 is 5.48 Å². The van der Waals surface area contributed by atoms with Crippen molar-refractivity contribution >= 4 is 28.7 Å². The molecule has 0 unspecified atom stereocenters. The molecule has 31 heavy (non-hydrogen) atoms. The number of carbonyl (C=O) groups excluding carboxylic acids is 2. The lowest BCUT2D eigenvalue weighted by atomic mass is 10.00. The lowest BCUT2D eigenvalue weighted by Gasteiger charge is -2.39. The van der Waals surface area contributed by atoms with Crippen LogP contribution in [0.25, 0.3) is 0 Å². The molecule has 1 saturated heterocycles. The highest BCUT2D eigenvalue weighted by atomic mass is 32.2. The number of hydroxylamine groups is 1. The van der Waals surface area contributed by atoms with Gasteiger partial charge in [-0.25, -0.2) is 4.79 Å². The van der Waals surface area contributed by atoms with Crippen LogP contribution in [0.15, 0.2) is 29.2 Å². The van der Waals surface area contributed by atoms with Crippen LogP contribution in [0.5, 0.6) is 0 Å². The number of ether oxygens (including phenoxy) is 1. The second-order valence-electron chi connectivity index (χ2n) is 8.41. The van der Waals surface area contributed by atoms with Crippen molar-refractivity contribution in [3.8, 4) is 0 Å². The smallest absolute Gasteiger partial charge is 0.410 e. The molecule has 1 fully saturated rings. The summed E-state index contributed by atoms with van der Waals surface area (Å²) in [6, 6.07) is 5.04. The largest absolute Gasteiger partial charge is 0.444 e. The van der Waals surface area contributed by atoms with Crippen LogP contribution in [0.4, 0.5) is 10.5 Å². The fourth-order valence-electron chi connectivity index (χ4n) is 3.05. The normalized spacial score (nSPS) is 19.2. The van der Waals surface area contributed by atoms with E-state index in [2.05, 4.69) is 12.4 Å². The molecule has 172 valence electrons. The molecule has 0 spiro atoms. The number of nitrogens with one attached hydrogen (secondary N) is 1. The number of piperidine rings is 1. The molecule has 1 heterocycles. The Hall–Kier alpha value is -2.17. The van der Waals surface area contributed by atoms with E-state index in [-0.39, 0.29) is 23.4 Å². The first-order valence-corrected chi connectivity index (χ1v) is 11.3. The lowest BCUT2D eigenvalue weighted by molar-refractivity contribution is -0.384. The molecule has 0 saturated carbocycles. The van der Waals surface area contributed by atoms with Crippen LogP contribution in [-0.4, -0.2) is 51.9 Å². The van der Waals surface area contributed by atoms with Crippen molar-refractivity contribution in [3.05, 3.63) is 34.4 Å². The molecule has 1 amide bonds. The number of amides is 1. The highest BCUT2D eigenvalue weighted by Gasteiger charge is 2.38. The number of likely N-dealkylation sites (tertiary alicyclic amines) is 1. The third-order valence-electron chi connectivity index (χ3n) is 4.60. The van der Waals surface area contributed by atoms with Gasteiger partial charge in [0.15, 0.2) is 0 Å². The first-order chi connectivity index (χ1) is 14.6. The van der Waals surface area contributed by atoms with E-state index in [9.17, 15) is 19.7 Å². The molecule has 0 aromatic heterocycles. The van der Waals surface area contributed by atoms with Crippen molar-refractivity contribution in [2.45, 2.75) is 76.0 Å². The summed E-state index contributed by atoms with van der Waals surface area (Å²) in [4.78, 5) is 43.7. The number of rotatable bonds is 8. The monoisotopic (exact) mass is 453 g/mol. The van der Waals surface area contributed by atoms with E-state index in [1.54, 1.807) is 20.8 Å². The summed E-state index contributed by atoms with van der Waals surface area (Å²) < 4.78 is 5.52. The van der Waals surface area contributed by atoms with Crippen LogP contribution in [0.2, 0.25) is 0 Å². The Morgan fingerprint density at radius 2 is 1.94 bits per heavy atom. The molecule has 0 radical (unpaired) electrons. The highest BCUT2D eigenvalue weighted by Crippen LogP contribution is 2.29. The Morgan fingerprint density at radius 1 is 1.26 bits per heavy atom. The molecule has 9 nitrogen and oxygen atoms in total. The van der Waals surface area contributed by atoms with Crippen LogP contribution >= 0.6 is 11.8 Å². The third-order valence-corrected chi connectivity index (χ3v) is 5.58. The lowest BCUT2D eigenvalue weighted by Crippen LogP contribution is -2.55. The molecule has 2 atom stereocenters. The summed E-state index contributed by atoms with van der Waals surface area (Å²) in [5.74, 6) is 0. The predicted molar refractivity (Wildman–Crippen MR) is 118 cm³/mol. The van der Waals surface area contributed by atoms with Gasteiger partial charge in [0.1, 0.15) is 11.6 Å². The van der Waals surface area contributed by atoms with Gasteiger partial charge in [-0.2, -0.15) is 5.48 Å². The summed E-state index contributed by atoms with van der Waals surface area (Å²) in [6.45, 7) is 8.28. The summed E-state index contributed by atoms with van der Waals surface area (Å²) in [7, 11) is 0. The predicted octanol–water partition coefficient (Wildman–Crippen LogP) is 4.30. The Bertz CT molecular complexity index is 765. The van der Waals surface area contributed by atoms with E-state index in [1.807, 2.05) is 0 Å². The van der Waals surface area contributed by atoms with Crippen molar-refractivity contribution in [2.75, 3.05) is 13.2 Å². The molecule has 1 aromatic carbocycles. The van der Waals surface area contributed by atoms with Crippen molar-refractivity contribution in [1.82, 2.24) is 10.4 Å². The van der Waals surface area contributed by atoms with E-state index >= 15 is 0 Å². The molecule has 1 aliphatic rings. The zero-order valence-electron chi connectivity index (χ0n) is 18.5. The van der Waals surface area contributed by atoms with Crippen molar-refractivity contribution in [1.29, 1.82) is 0 Å². The van der Waals surface area contributed by atoms with Crippen LogP contribution in [0.1, 0.15) is 53.4 Å². The number of non-ortho nitro benzene ring substituents is 1. The number of hydrogen-bond donors (Lipinski definition) is 1. The summed E-state index contributed by atoms with van der Waals surface area (Å²) in [5.41, 5.74) is 2.27. The average Bonchev–Trinajstić information content (AvgIpc) is 2.70. The van der Waals surface area contributed by atoms with Gasteiger partial charge in [-0.15, -0.1) is 0 Å². The Labute approximate surface area is 186 Å². The minimum absolute atomic E-state index is 0.0400. The van der Waals surface area contributed by atoms with E-state index in [1.165, 1.54) is 29.2 Å². The van der Waals surface area contributed by atoms with Gasteiger partial charge in [0.2, 0.25) is 5.12 Å². The first-order valence-electron chi connectivity index (χ1n) is 10.4. The number of nitro groups is 1. The van der Waals surface area contributed by atoms with Gasteiger partial charge in [0.25, 0.3) is 5.69 Å². The molecular formula is C21H31N3O6S. The Morgan fingerprint density at radius 3 is 2.52 bits per heavy atom. The molecule has 1 aromatic rings. The van der Waals surface area contributed by atoms with E-state index in [4.69, 9.17) is 9.57 Å². The number of nitro benzene ring substituents is 1. The van der Waals surface area contributed by atoms with E-state index < -0.39 is 22.7 Å². The first kappa shape index (κ1) is 25.1. The molecule has 0 bridgehead atoms. The fraction of sp³-hybridized carbons (Fsp3) is 0.619. The Balaban J connectivity index is 2.07. The standard InChI is InChI=1S/C21H31N3O6S/c1-5-6-13-29-22-15-7-12-18(23(14-15)20(26)30-21(2,3)4)19(25)31-17-10-8-16(9-11-17)24(27)28/h8-11,15,18,22H,5-7,12-14H2,1-4H3/t15-,18+/m1/s1. The van der Waals surface area contributed by atoms with Crippen molar-refractivity contribution in [2.24, 2.45) is 0 Å². The van der Waals surface area contributed by atoms with Gasteiger partial charge in [0, 0.05) is 23.6 Å². The van der Waals surface area contributed by atoms with Crippen molar-refractivity contribution in [3.63, 3.8) is 0 Å². The maximum Gasteiger partial charge on any atom is 0.410 e. The van der Waals surface area contributed by atoms with Gasteiger partial charge >= 0.3 is 6.09 Å². The van der Waals surface area contributed by atoms with E-state index in [0.29, 0.717) is 24.3 Å². The van der Waals surface area contributed by atoms with Crippen molar-refractivity contribution < 1.29 is 24.1 Å². The average molecular weight is 454 g/mol. The summed E-state index contributed by atoms with van der Waals surface area (Å²) in [6.07, 6.45) is 2.54. The molecule has 0 aliphatic carbocycles. The molecular weight excluding hydrogens is 422 g/mol. The second-order valence-corrected chi connectivity index (χ2v) is 9.49. The maximum atomic E-state index is 13.0. The van der Waals surface area contributed by atoms with Gasteiger partial charge in [-0.05, 0) is 63.9 Å². The SMILES string of the molecule is CCCCON[C@@H]1CC[C@@H](C(=O)Sc2ccc([N+](=O)[O-])cc2)N(C(=O)OC(C)(C)C)C1. The van der Waals surface area contributed by atoms with Crippen LogP contribution in [-0.2, 0) is 14.4 Å². The van der Waals surface area contributed by atoms with Crippen LogP contribution in [0, 0.1) is 10.1 Å². The minimum Gasteiger partial charge on any atom is -0.444 e. The molecule has 2 rings (SSSR count). The van der Waals surface area contributed by atoms with Gasteiger partial charge in [-0.1, -0.05) is 13.3 Å². The zero-order valence-corrected chi connectivity index (χ0v) is 19.3. The van der Waals surface area contributed by atoms with Gasteiger partial charge < -0.3 is 9.57 Å². The highest BCUT2D eigenvalue weighted by molar-refractivity contribution is 8.13. The van der Waals surface area contributed by atoms with Crippen LogP contribution in [0.3, 0.4) is 0 Å². The summed E-state index contributed by atoms with van der Waals surface area (Å²) >= 11 is 0.973. The van der Waals surface area contributed by atoms with Gasteiger partial charge in [-0.3, -0.25) is 19.8 Å². The van der Waals surface area contributed by atoms with E-state index in [0.717, 1.165) is 24.6 Å². The number of benzene rings is 1. The fourth-order valence-corrected chi connectivity index (χ4v) is 3.93. The Kier molecular flexibility index (Phi) is 9.27. The molecule has 10 heteroatoms. The maximum absolute atomic E-state index is 13.0. The second kappa shape index (κ2) is 11.4. The number of carbonyl (C=O) groups is 2. The number of nitrogens with zero attached hydrogens (tertiary/aromatic N) is 2. The van der Waals surface area contributed by atoms with Gasteiger partial charge in [0.05, 0.1) is 17.6 Å². The molecule has 1 N–H and O–H groups in total. The topological polar surface area (TPSA) is 111 Å². The number of thioether (sulfide) groups is 1. The minimum atomic E-state index is -0.686. The number of hydrogen-bond acceptors (Lipinski definition) is 8.